The van der Waals surface area contributed by atoms with E-state index in [4.69, 9.17) is 0 Å². The van der Waals surface area contributed by atoms with E-state index < -0.39 is 15.7 Å². The predicted octanol–water partition coefficient (Wildman–Crippen LogP) is 6.13. The third-order valence-electron chi connectivity index (χ3n) is 11.5. The van der Waals surface area contributed by atoms with E-state index >= 15 is 0 Å². The quantitative estimate of drug-likeness (QED) is 0.243. The van der Waals surface area contributed by atoms with Crippen molar-refractivity contribution in [3.05, 3.63) is 59.3 Å². The fourth-order valence-electron chi connectivity index (χ4n) is 9.02. The molecule has 1 aromatic carbocycles. The van der Waals surface area contributed by atoms with Crippen LogP contribution in [-0.4, -0.2) is 101 Å². The molecule has 4 heterocycles. The minimum Gasteiger partial charge on any atom is -0.336 e. The number of hydrogen-bond donors (Lipinski definition) is 0. The summed E-state index contributed by atoms with van der Waals surface area (Å²) in [5.74, 6) is 1.20. The van der Waals surface area contributed by atoms with Crippen LogP contribution in [0.1, 0.15) is 81.8 Å². The topological polar surface area (TPSA) is 78.8 Å². The zero-order chi connectivity index (χ0) is 34.5. The van der Waals surface area contributed by atoms with E-state index in [0.29, 0.717) is 47.6 Å². The average molecular weight is 680 g/mol. The molecular formula is C38H54FN5O3S. The van der Waals surface area contributed by atoms with Gasteiger partial charge >= 0.3 is 0 Å². The summed E-state index contributed by atoms with van der Waals surface area (Å²) in [5.41, 5.74) is 4.33. The lowest BCUT2D eigenvalue weighted by molar-refractivity contribution is -0.0482. The van der Waals surface area contributed by atoms with Gasteiger partial charge in [0.25, 0.3) is 5.91 Å². The minimum absolute atomic E-state index is 0.000932. The largest absolute Gasteiger partial charge is 0.336 e. The third-order valence-corrected chi connectivity index (χ3v) is 13.2. The Bertz CT molecular complexity index is 1730. The molecule has 1 saturated carbocycles. The van der Waals surface area contributed by atoms with Crippen molar-refractivity contribution in [2.45, 2.75) is 97.0 Å². The first-order chi connectivity index (χ1) is 22.8. The maximum atomic E-state index is 14.6. The molecule has 1 unspecified atom stereocenters. The Morgan fingerprint density at radius 1 is 1.08 bits per heavy atom. The minimum atomic E-state index is -2.94. The molecule has 0 spiro atoms. The van der Waals surface area contributed by atoms with E-state index in [2.05, 4.69) is 41.8 Å². The van der Waals surface area contributed by atoms with Gasteiger partial charge in [-0.05, 0) is 120 Å². The highest BCUT2D eigenvalue weighted by molar-refractivity contribution is 7.91. The van der Waals surface area contributed by atoms with Crippen LogP contribution in [0.4, 0.5) is 4.39 Å². The number of likely N-dealkylation sites (tertiary alicyclic amines) is 2. The lowest BCUT2D eigenvalue weighted by Gasteiger charge is -2.55. The molecule has 0 radical (unpaired) electrons. The molecule has 3 fully saturated rings. The Kier molecular flexibility index (Phi) is 10.1. The Hall–Kier alpha value is -2.82. The van der Waals surface area contributed by atoms with E-state index in [1.807, 2.05) is 37.7 Å². The lowest BCUT2D eigenvalue weighted by Crippen LogP contribution is -2.61. The van der Waals surface area contributed by atoms with Crippen molar-refractivity contribution in [3.8, 4) is 5.69 Å². The number of aromatic nitrogens is 2. The van der Waals surface area contributed by atoms with Crippen LogP contribution in [0, 0.1) is 30.5 Å². The zero-order valence-electron chi connectivity index (χ0n) is 29.8. The molecule has 2 saturated heterocycles. The highest BCUT2D eigenvalue weighted by atomic mass is 32.2. The zero-order valence-corrected chi connectivity index (χ0v) is 30.6. The summed E-state index contributed by atoms with van der Waals surface area (Å²) in [6, 6.07) is 5.68. The third kappa shape index (κ3) is 6.81. The number of benzene rings is 1. The molecule has 10 heteroatoms. The molecule has 1 atom stereocenters. The van der Waals surface area contributed by atoms with Crippen molar-refractivity contribution in [2.24, 2.45) is 17.8 Å². The molecule has 262 valence electrons. The second kappa shape index (κ2) is 13.8. The number of fused-ring (bicyclic) bond motifs is 1. The van der Waals surface area contributed by atoms with E-state index in [0.717, 1.165) is 56.5 Å². The monoisotopic (exact) mass is 679 g/mol. The van der Waals surface area contributed by atoms with Crippen molar-refractivity contribution in [2.75, 3.05) is 39.0 Å². The Morgan fingerprint density at radius 2 is 1.77 bits per heavy atom. The van der Waals surface area contributed by atoms with Crippen LogP contribution in [0.5, 0.6) is 0 Å². The van der Waals surface area contributed by atoms with Gasteiger partial charge in [0.1, 0.15) is 15.7 Å². The van der Waals surface area contributed by atoms with Crippen molar-refractivity contribution >= 4 is 26.6 Å². The number of carbonyl (C=O) groups excluding carboxylic acids is 1. The molecule has 6 rings (SSSR count). The van der Waals surface area contributed by atoms with Crippen LogP contribution in [0.25, 0.3) is 16.6 Å². The predicted molar refractivity (Wildman–Crippen MR) is 191 cm³/mol. The first kappa shape index (κ1) is 35.0. The molecule has 48 heavy (non-hydrogen) atoms. The number of carbonyl (C=O) groups is 1. The molecule has 1 aliphatic carbocycles. The summed E-state index contributed by atoms with van der Waals surface area (Å²) in [5, 5.41) is 1.00. The van der Waals surface area contributed by atoms with E-state index in [1.54, 1.807) is 11.0 Å². The summed E-state index contributed by atoms with van der Waals surface area (Å²) < 4.78 is 40.7. The first-order valence-corrected chi connectivity index (χ1v) is 19.9. The van der Waals surface area contributed by atoms with Gasteiger partial charge in [-0.25, -0.2) is 12.8 Å². The Morgan fingerprint density at radius 3 is 2.38 bits per heavy atom. The molecule has 1 amide bonds. The summed E-state index contributed by atoms with van der Waals surface area (Å²) in [6.45, 7) is 17.2. The number of halogens is 1. The van der Waals surface area contributed by atoms with Crippen LogP contribution in [0.15, 0.2) is 36.8 Å². The van der Waals surface area contributed by atoms with Gasteiger partial charge in [0.15, 0.2) is 0 Å². The van der Waals surface area contributed by atoms with Gasteiger partial charge in [-0.2, -0.15) is 0 Å². The van der Waals surface area contributed by atoms with Crippen molar-refractivity contribution in [3.63, 3.8) is 0 Å². The second-order valence-electron chi connectivity index (χ2n) is 15.4. The number of amides is 1. The maximum absolute atomic E-state index is 14.6. The molecule has 0 N–H and O–H groups in total. The molecule has 0 bridgehead atoms. The number of rotatable bonds is 11. The molecule has 3 aliphatic rings. The molecule has 8 nitrogen and oxygen atoms in total. The number of nitrogens with zero attached hydrogens (tertiary/aromatic N) is 5. The van der Waals surface area contributed by atoms with Crippen LogP contribution in [0.3, 0.4) is 0 Å². The molecule has 2 aliphatic heterocycles. The highest BCUT2D eigenvalue weighted by Gasteiger charge is 2.45. The molecule has 2 aromatic heterocycles. The Labute approximate surface area is 286 Å². The van der Waals surface area contributed by atoms with Gasteiger partial charge in [0, 0.05) is 61.8 Å². The molecular weight excluding hydrogens is 626 g/mol. The number of piperidine rings is 1. The number of hydrogen-bond acceptors (Lipinski definition) is 6. The number of sulfone groups is 1. The summed E-state index contributed by atoms with van der Waals surface area (Å²) in [7, 11) is -2.94. The number of pyridine rings is 1. The van der Waals surface area contributed by atoms with Crippen LogP contribution in [0.2, 0.25) is 0 Å². The Balaban J connectivity index is 1.16. The maximum Gasteiger partial charge on any atom is 0.256 e. The smallest absolute Gasteiger partial charge is 0.256 e. The lowest BCUT2D eigenvalue weighted by atomic mass is 9.69. The average Bonchev–Trinajstić information content (AvgIpc) is 3.35. The van der Waals surface area contributed by atoms with E-state index in [9.17, 15) is 17.6 Å². The fourth-order valence-corrected chi connectivity index (χ4v) is 10.1. The SMILES string of the molecule is CCN(C(=O)c1cc(F)ccc1-n1cc(CC2CN(C(C(C)C)C3CC(N4CCC(S(C)(=O)=O)CC4)C3)C2)c2c(C)cncc21)C(C)C. The number of aryl methyl sites for hydroxylation is 1. The van der Waals surface area contributed by atoms with Gasteiger partial charge < -0.3 is 14.4 Å². The first-order valence-electron chi connectivity index (χ1n) is 18.0. The summed E-state index contributed by atoms with van der Waals surface area (Å²) >= 11 is 0. The second-order valence-corrected chi connectivity index (χ2v) is 17.8. The van der Waals surface area contributed by atoms with Crippen molar-refractivity contribution in [1.29, 1.82) is 0 Å². The van der Waals surface area contributed by atoms with E-state index in [1.165, 1.54) is 42.2 Å². The normalized spacial score (nSPS) is 22.3. The van der Waals surface area contributed by atoms with Crippen LogP contribution >= 0.6 is 0 Å². The van der Waals surface area contributed by atoms with Gasteiger partial charge in [-0.3, -0.25) is 14.7 Å². The van der Waals surface area contributed by atoms with Gasteiger partial charge in [-0.15, -0.1) is 0 Å². The standard InChI is InChI=1S/C38H54FN5O3S/c1-8-43(25(4)5)38(45)33-18-30(39)9-10-34(33)44-23-29(36-26(6)19-40-20-35(36)44)15-27-21-42(22-27)37(24(2)3)28-16-31(17-28)41-13-11-32(12-14-41)48(7,46)47/h9-10,18-20,23-25,27-28,31-32,37H,8,11-17,21-22H2,1-7H3. The van der Waals surface area contributed by atoms with Crippen LogP contribution < -0.4 is 0 Å². The van der Waals surface area contributed by atoms with Crippen molar-refractivity contribution < 1.29 is 17.6 Å². The van der Waals surface area contributed by atoms with Gasteiger partial charge in [-0.1, -0.05) is 13.8 Å². The molecule has 3 aromatic rings. The summed E-state index contributed by atoms with van der Waals surface area (Å²) in [6.07, 6.45) is 12.2. The van der Waals surface area contributed by atoms with Gasteiger partial charge in [0.05, 0.1) is 28.2 Å². The summed E-state index contributed by atoms with van der Waals surface area (Å²) in [4.78, 5) is 25.2. The fraction of sp³-hybridized carbons (Fsp3) is 0.632. The van der Waals surface area contributed by atoms with E-state index in [-0.39, 0.29) is 17.2 Å². The highest BCUT2D eigenvalue weighted by Crippen LogP contribution is 2.42. The van der Waals surface area contributed by atoms with Crippen LogP contribution in [-0.2, 0) is 16.3 Å². The van der Waals surface area contributed by atoms with Crippen molar-refractivity contribution in [1.82, 2.24) is 24.3 Å². The van der Waals surface area contributed by atoms with Gasteiger partial charge in [0.2, 0.25) is 0 Å².